The van der Waals surface area contributed by atoms with Gasteiger partial charge in [-0.3, -0.25) is 0 Å². The molecule has 1 aromatic heterocycles. The largest absolute Gasteiger partial charge is 0.508 e. The summed E-state index contributed by atoms with van der Waals surface area (Å²) in [4.78, 5) is 12.8. The Morgan fingerprint density at radius 3 is 2.12 bits per heavy atom. The molecule has 0 unspecified atom stereocenters. The van der Waals surface area contributed by atoms with E-state index in [1.807, 2.05) is 66.7 Å². The van der Waals surface area contributed by atoms with Crippen molar-refractivity contribution in [3.63, 3.8) is 0 Å². The van der Waals surface area contributed by atoms with Crippen molar-refractivity contribution in [1.82, 2.24) is 20.2 Å². The fraction of sp³-hybridized carbons (Fsp3) is 0.179. The molecule has 0 spiro atoms. The van der Waals surface area contributed by atoms with Crippen molar-refractivity contribution in [2.75, 3.05) is 16.4 Å². The van der Waals surface area contributed by atoms with E-state index in [4.69, 9.17) is 14.2 Å². The zero-order valence-electron chi connectivity index (χ0n) is 28.1. The topological polar surface area (TPSA) is 153 Å². The maximum atomic E-state index is 12.8. The number of amides is 2. The van der Waals surface area contributed by atoms with Crippen molar-refractivity contribution >= 4 is 29.2 Å². The van der Waals surface area contributed by atoms with Crippen LogP contribution in [0.3, 0.4) is 0 Å². The summed E-state index contributed by atoms with van der Waals surface area (Å²) in [5.41, 5.74) is 4.50. The number of anilines is 2. The van der Waals surface area contributed by atoms with Crippen molar-refractivity contribution in [3.8, 4) is 22.9 Å². The van der Waals surface area contributed by atoms with Crippen LogP contribution in [-0.2, 0) is 16.1 Å². The first-order valence-corrected chi connectivity index (χ1v) is 17.6. The molecule has 4 N–H and O–H groups in total. The second kappa shape index (κ2) is 16.1. The first kappa shape index (κ1) is 34.7. The summed E-state index contributed by atoms with van der Waals surface area (Å²) < 4.78 is 20.6. The van der Waals surface area contributed by atoms with E-state index in [1.54, 1.807) is 65.3 Å². The first-order chi connectivity index (χ1) is 25.4. The van der Waals surface area contributed by atoms with E-state index in [9.17, 15) is 15.0 Å². The third kappa shape index (κ3) is 8.41. The summed E-state index contributed by atoms with van der Waals surface area (Å²) in [6.07, 6.45) is -1.26. The number of hydrogen-bond donors (Lipinski definition) is 4. The molecule has 0 radical (unpaired) electrons. The molecule has 2 heterocycles. The highest BCUT2D eigenvalue weighted by Crippen LogP contribution is 2.43. The van der Waals surface area contributed by atoms with Crippen LogP contribution in [0.1, 0.15) is 36.0 Å². The van der Waals surface area contributed by atoms with Crippen molar-refractivity contribution < 1.29 is 29.2 Å². The maximum Gasteiger partial charge on any atom is 0.323 e. The molecule has 1 fully saturated rings. The number of phenols is 1. The molecule has 12 nitrogen and oxygen atoms in total. The molecule has 4 atom stereocenters. The van der Waals surface area contributed by atoms with E-state index in [0.717, 1.165) is 28.1 Å². The number of benzene rings is 5. The van der Waals surface area contributed by atoms with E-state index in [-0.39, 0.29) is 36.5 Å². The number of aromatic hydroxyl groups is 1. The van der Waals surface area contributed by atoms with E-state index < -0.39 is 6.29 Å². The maximum absolute atomic E-state index is 12.8. The molecular weight excluding hydrogens is 681 g/mol. The SMILES string of the molecule is C[C@H]1[C@@H](CSc2nnnn2-c2ccc(O)cc2)O[C@@H](c2ccc(NC(=O)Nc3ccc(Oc4ccccc4)cc3)cc2)O[C@H]1c1ccc(CO)cc1. The molecule has 264 valence electrons. The average Bonchev–Trinajstić information content (AvgIpc) is 3.65. The minimum Gasteiger partial charge on any atom is -0.508 e. The summed E-state index contributed by atoms with van der Waals surface area (Å²) in [5.74, 6) is 2.03. The minimum absolute atomic E-state index is 0.0451. The number of nitrogens with one attached hydrogen (secondary N) is 2. The molecular formula is C39H36N6O6S. The minimum atomic E-state index is -0.697. The van der Waals surface area contributed by atoms with Crippen molar-refractivity contribution in [3.05, 3.63) is 144 Å². The Labute approximate surface area is 304 Å². The number of carbonyl (C=O) groups is 1. The number of urea groups is 1. The third-order valence-electron chi connectivity index (χ3n) is 8.57. The lowest BCUT2D eigenvalue weighted by molar-refractivity contribution is -0.268. The van der Waals surface area contributed by atoms with Gasteiger partial charge in [0.2, 0.25) is 5.16 Å². The van der Waals surface area contributed by atoms with Crippen LogP contribution in [0, 0.1) is 5.92 Å². The van der Waals surface area contributed by atoms with Crippen molar-refractivity contribution in [1.29, 1.82) is 0 Å². The molecule has 0 bridgehead atoms. The number of rotatable bonds is 11. The number of tetrazole rings is 1. The van der Waals surface area contributed by atoms with Crippen LogP contribution in [0.15, 0.2) is 133 Å². The standard InChI is InChI=1S/C39H36N6O6S/c1-25-35(24-52-39-42-43-44-45(39)31-17-19-32(47)20-18-31)50-37(51-36(25)27-9-7-26(23-46)8-10-27)28-11-13-29(14-12-28)40-38(48)41-30-15-21-34(22-16-30)49-33-5-3-2-4-6-33/h2-22,25,35-37,46-47H,23-24H2,1H3,(H2,40,41,48)/t25-,35+,36+,37+/m0/s1. The molecule has 5 aromatic carbocycles. The molecule has 0 aliphatic carbocycles. The second-order valence-electron chi connectivity index (χ2n) is 12.2. The monoisotopic (exact) mass is 716 g/mol. The number of hydrogen-bond acceptors (Lipinski definition) is 10. The zero-order chi connectivity index (χ0) is 35.9. The summed E-state index contributed by atoms with van der Waals surface area (Å²) in [6, 6.07) is 38.0. The van der Waals surface area contributed by atoms with Crippen LogP contribution in [0.4, 0.5) is 16.2 Å². The molecule has 1 aliphatic rings. The average molecular weight is 717 g/mol. The van der Waals surface area contributed by atoms with Crippen LogP contribution in [0.2, 0.25) is 0 Å². The van der Waals surface area contributed by atoms with Gasteiger partial charge in [-0.15, -0.1) is 5.10 Å². The Hall–Kier alpha value is -5.73. The summed E-state index contributed by atoms with van der Waals surface area (Å²) >= 11 is 1.46. The van der Waals surface area contributed by atoms with E-state index >= 15 is 0 Å². The molecule has 1 aliphatic heterocycles. The van der Waals surface area contributed by atoms with Crippen LogP contribution in [0.25, 0.3) is 5.69 Å². The number of carbonyl (C=O) groups excluding carboxylic acids is 1. The quantitative estimate of drug-likeness (QED) is 0.0975. The van der Waals surface area contributed by atoms with Gasteiger partial charge in [0.25, 0.3) is 0 Å². The first-order valence-electron chi connectivity index (χ1n) is 16.6. The van der Waals surface area contributed by atoms with Crippen molar-refractivity contribution in [2.24, 2.45) is 5.92 Å². The van der Waals surface area contributed by atoms with Crippen LogP contribution < -0.4 is 15.4 Å². The summed E-state index contributed by atoms with van der Waals surface area (Å²) in [6.45, 7) is 2.04. The Balaban J connectivity index is 1.02. The number of ether oxygens (including phenoxy) is 3. The van der Waals surface area contributed by atoms with Gasteiger partial charge in [0.05, 0.1) is 24.5 Å². The lowest BCUT2D eigenvalue weighted by atomic mass is 9.91. The summed E-state index contributed by atoms with van der Waals surface area (Å²) in [5, 5.41) is 37.8. The fourth-order valence-electron chi connectivity index (χ4n) is 5.74. The van der Waals surface area contributed by atoms with Gasteiger partial charge in [-0.25, -0.2) is 4.79 Å². The predicted molar refractivity (Wildman–Crippen MR) is 197 cm³/mol. The zero-order valence-corrected chi connectivity index (χ0v) is 28.9. The highest BCUT2D eigenvalue weighted by Gasteiger charge is 2.38. The smallest absolute Gasteiger partial charge is 0.323 e. The van der Waals surface area contributed by atoms with E-state index in [0.29, 0.717) is 28.0 Å². The Morgan fingerprint density at radius 1 is 0.808 bits per heavy atom. The third-order valence-corrected chi connectivity index (χ3v) is 9.58. The summed E-state index contributed by atoms with van der Waals surface area (Å²) in [7, 11) is 0. The highest BCUT2D eigenvalue weighted by atomic mass is 32.2. The Bertz CT molecular complexity index is 2060. The molecule has 6 aromatic rings. The van der Waals surface area contributed by atoms with Gasteiger partial charge >= 0.3 is 6.03 Å². The molecule has 2 amide bonds. The lowest BCUT2D eigenvalue weighted by Gasteiger charge is -2.41. The normalized spacial score (nSPS) is 18.4. The number of aliphatic hydroxyl groups excluding tert-OH is 1. The lowest BCUT2D eigenvalue weighted by Crippen LogP contribution is -2.38. The molecule has 1 saturated heterocycles. The molecule has 52 heavy (non-hydrogen) atoms. The molecule has 13 heteroatoms. The van der Waals surface area contributed by atoms with Crippen molar-refractivity contribution in [2.45, 2.75) is 37.2 Å². The van der Waals surface area contributed by atoms with Crippen LogP contribution in [-0.4, -0.2) is 48.3 Å². The van der Waals surface area contributed by atoms with Gasteiger partial charge < -0.3 is 35.1 Å². The Kier molecular flexibility index (Phi) is 10.7. The van der Waals surface area contributed by atoms with Crippen LogP contribution in [0.5, 0.6) is 17.2 Å². The number of aromatic nitrogens is 4. The highest BCUT2D eigenvalue weighted by molar-refractivity contribution is 7.99. The number of aliphatic hydroxyl groups is 1. The molecule has 0 saturated carbocycles. The number of nitrogens with zero attached hydrogens (tertiary/aromatic N) is 4. The van der Waals surface area contributed by atoms with Gasteiger partial charge in [0.15, 0.2) is 6.29 Å². The van der Waals surface area contributed by atoms with Gasteiger partial charge in [0.1, 0.15) is 17.2 Å². The second-order valence-corrected chi connectivity index (χ2v) is 13.2. The van der Waals surface area contributed by atoms with E-state index in [2.05, 4.69) is 33.1 Å². The van der Waals surface area contributed by atoms with Gasteiger partial charge in [-0.1, -0.05) is 73.3 Å². The molecule has 7 rings (SSSR count). The van der Waals surface area contributed by atoms with Gasteiger partial charge in [0, 0.05) is 28.6 Å². The van der Waals surface area contributed by atoms with E-state index in [1.165, 1.54) is 11.8 Å². The van der Waals surface area contributed by atoms with Crippen LogP contribution >= 0.6 is 11.8 Å². The Morgan fingerprint density at radius 2 is 1.44 bits per heavy atom. The number of para-hydroxylation sites is 1. The van der Waals surface area contributed by atoms with Gasteiger partial charge in [-0.05, 0) is 94.4 Å². The number of phenolic OH excluding ortho intramolecular Hbond substituents is 1. The fourth-order valence-corrected chi connectivity index (χ4v) is 6.79. The number of thioether (sulfide) groups is 1. The predicted octanol–water partition coefficient (Wildman–Crippen LogP) is 7.88. The van der Waals surface area contributed by atoms with Gasteiger partial charge in [-0.2, -0.15) is 4.68 Å².